The van der Waals surface area contributed by atoms with Crippen LogP contribution in [0, 0.1) is 29.1 Å². The topological polar surface area (TPSA) is 88.5 Å². The van der Waals surface area contributed by atoms with Crippen molar-refractivity contribution in [1.82, 2.24) is 20.2 Å². The molecule has 3 saturated carbocycles. The van der Waals surface area contributed by atoms with E-state index < -0.39 is 24.2 Å². The lowest BCUT2D eigenvalue weighted by Crippen LogP contribution is -2.62. The molecule has 1 saturated heterocycles. The van der Waals surface area contributed by atoms with Gasteiger partial charge in [-0.15, -0.1) is 0 Å². The number of likely N-dealkylation sites (N-methyl/N-ethyl adjacent to an activating group) is 1. The van der Waals surface area contributed by atoms with Gasteiger partial charge < -0.3 is 20.4 Å². The summed E-state index contributed by atoms with van der Waals surface area (Å²) >= 11 is 0. The summed E-state index contributed by atoms with van der Waals surface area (Å²) in [5.41, 5.74) is 3.85. The van der Waals surface area contributed by atoms with Crippen LogP contribution in [0.1, 0.15) is 57.2 Å². The van der Waals surface area contributed by atoms with Crippen LogP contribution in [0.4, 0.5) is 0 Å². The van der Waals surface area contributed by atoms with Crippen LogP contribution in [0.2, 0.25) is 0 Å². The number of hydrogen-bond donors (Lipinski definition) is 3. The Morgan fingerprint density at radius 2 is 1.73 bits per heavy atom. The van der Waals surface area contributed by atoms with Crippen molar-refractivity contribution >= 4 is 5.91 Å². The second-order valence-corrected chi connectivity index (χ2v) is 14.6. The van der Waals surface area contributed by atoms with Crippen molar-refractivity contribution in [2.75, 3.05) is 33.8 Å². The van der Waals surface area contributed by atoms with E-state index in [9.17, 15) is 15.0 Å². The standard InChI is InChI=1S/C36H54N4O4/c1-24-30-18-29(36(30,3)4)19-31(24)37-35(43)34-33(25(2)42)32(23-41)44-40(34)22-28-14-10-13-27(17-28)21-39(16-15-38(5)6)20-26-11-8-7-9-12-26/h7-14,17,24-25,29-34,41-42H,15-16,18-23H2,1-6H3,(H,37,43)/t24-,25-,29+,30-,31?,32-,33+,34-/m0/s1. The summed E-state index contributed by atoms with van der Waals surface area (Å²) < 4.78 is 0. The molecule has 3 aliphatic carbocycles. The number of hydrogen-bond acceptors (Lipinski definition) is 7. The lowest BCUT2D eigenvalue weighted by molar-refractivity contribution is -0.183. The van der Waals surface area contributed by atoms with Crippen LogP contribution in [0.5, 0.6) is 0 Å². The van der Waals surface area contributed by atoms with Crippen molar-refractivity contribution in [3.8, 4) is 0 Å². The fourth-order valence-corrected chi connectivity index (χ4v) is 8.15. The predicted molar refractivity (Wildman–Crippen MR) is 173 cm³/mol. The van der Waals surface area contributed by atoms with Gasteiger partial charge in [0.1, 0.15) is 12.1 Å². The molecule has 1 amide bonds. The van der Waals surface area contributed by atoms with Crippen molar-refractivity contribution in [2.24, 2.45) is 29.1 Å². The van der Waals surface area contributed by atoms with Gasteiger partial charge in [-0.3, -0.25) is 14.5 Å². The molecule has 3 N–H and O–H groups in total. The number of hydroxylamine groups is 2. The summed E-state index contributed by atoms with van der Waals surface area (Å²) in [6.45, 7) is 12.4. The molecule has 4 fully saturated rings. The lowest BCUT2D eigenvalue weighted by atomic mass is 9.45. The molecule has 0 aromatic heterocycles. The van der Waals surface area contributed by atoms with Gasteiger partial charge in [0.15, 0.2) is 0 Å². The molecule has 1 unspecified atom stereocenters. The second kappa shape index (κ2) is 14.0. The van der Waals surface area contributed by atoms with E-state index in [-0.39, 0.29) is 18.6 Å². The minimum Gasteiger partial charge on any atom is -0.394 e. The maximum Gasteiger partial charge on any atom is 0.240 e. The fraction of sp³-hybridized carbons (Fsp3) is 0.639. The van der Waals surface area contributed by atoms with Gasteiger partial charge in [-0.05, 0) is 73.7 Å². The van der Waals surface area contributed by atoms with E-state index in [1.807, 2.05) is 6.07 Å². The van der Waals surface area contributed by atoms with E-state index in [2.05, 4.69) is 98.5 Å². The number of nitrogens with one attached hydrogen (secondary N) is 1. The fourth-order valence-electron chi connectivity index (χ4n) is 8.15. The number of aliphatic hydroxyl groups excluding tert-OH is 2. The number of nitrogens with zero attached hydrogens (tertiary/aromatic N) is 3. The summed E-state index contributed by atoms with van der Waals surface area (Å²) in [4.78, 5) is 24.9. The molecule has 242 valence electrons. The van der Waals surface area contributed by atoms with Gasteiger partial charge >= 0.3 is 0 Å². The first-order chi connectivity index (χ1) is 21.0. The summed E-state index contributed by atoms with van der Waals surface area (Å²) in [6, 6.07) is 18.4. The summed E-state index contributed by atoms with van der Waals surface area (Å²) in [7, 11) is 4.20. The van der Waals surface area contributed by atoms with E-state index in [4.69, 9.17) is 4.84 Å². The van der Waals surface area contributed by atoms with Crippen LogP contribution in [-0.2, 0) is 29.3 Å². The van der Waals surface area contributed by atoms with E-state index in [0.29, 0.717) is 29.7 Å². The molecule has 2 aromatic carbocycles. The molecule has 44 heavy (non-hydrogen) atoms. The SMILES string of the molecule is C[C@H](O)[C@@H]1[C@H](CO)ON(Cc2cccc(CN(CCN(C)C)Cc3ccccc3)c2)[C@@H]1C(=O)NC1C[C@H]2C[C@@H]([C@@H]1C)C2(C)C. The first kappa shape index (κ1) is 33.0. The molecular formula is C36H54N4O4. The Hall–Kier alpha value is -2.33. The maximum absolute atomic E-state index is 14.0. The van der Waals surface area contributed by atoms with Crippen LogP contribution >= 0.6 is 0 Å². The number of carbonyl (C=O) groups excluding carboxylic acids is 1. The number of amides is 1. The highest BCUT2D eigenvalue weighted by Crippen LogP contribution is 2.61. The van der Waals surface area contributed by atoms with Gasteiger partial charge in [0.2, 0.25) is 5.91 Å². The molecule has 1 heterocycles. The Labute approximate surface area is 264 Å². The van der Waals surface area contributed by atoms with Gasteiger partial charge in [-0.1, -0.05) is 75.4 Å². The van der Waals surface area contributed by atoms with Crippen molar-refractivity contribution < 1.29 is 19.8 Å². The third-order valence-electron chi connectivity index (χ3n) is 10.9. The summed E-state index contributed by atoms with van der Waals surface area (Å²) in [5, 5.41) is 26.0. The number of rotatable bonds is 13. The molecule has 8 nitrogen and oxygen atoms in total. The monoisotopic (exact) mass is 606 g/mol. The zero-order valence-corrected chi connectivity index (χ0v) is 27.5. The summed E-state index contributed by atoms with van der Waals surface area (Å²) in [5.74, 6) is 1.00. The number of carbonyl (C=O) groups is 1. The van der Waals surface area contributed by atoms with E-state index in [1.54, 1.807) is 12.0 Å². The highest BCUT2D eigenvalue weighted by Gasteiger charge is 2.57. The number of benzene rings is 2. The molecule has 8 heteroatoms. The van der Waals surface area contributed by atoms with Gasteiger partial charge in [-0.2, -0.15) is 5.06 Å². The number of fused-ring (bicyclic) bond motifs is 2. The quantitative estimate of drug-likeness (QED) is 0.319. The molecule has 0 radical (unpaired) electrons. The van der Waals surface area contributed by atoms with Gasteiger partial charge in [0.25, 0.3) is 0 Å². The van der Waals surface area contributed by atoms with Gasteiger partial charge in [0.05, 0.1) is 19.3 Å². The maximum atomic E-state index is 14.0. The van der Waals surface area contributed by atoms with Crippen molar-refractivity contribution in [3.63, 3.8) is 0 Å². The van der Waals surface area contributed by atoms with Crippen LogP contribution < -0.4 is 5.32 Å². The van der Waals surface area contributed by atoms with Gasteiger partial charge in [0, 0.05) is 38.1 Å². The largest absolute Gasteiger partial charge is 0.394 e. The zero-order chi connectivity index (χ0) is 31.6. The van der Waals surface area contributed by atoms with E-state index in [0.717, 1.165) is 38.2 Å². The van der Waals surface area contributed by atoms with Crippen LogP contribution in [0.15, 0.2) is 54.6 Å². The van der Waals surface area contributed by atoms with Crippen molar-refractivity contribution in [1.29, 1.82) is 0 Å². The molecule has 2 aromatic rings. The van der Waals surface area contributed by atoms with Crippen molar-refractivity contribution in [2.45, 2.75) is 84.5 Å². The average Bonchev–Trinajstić information content (AvgIpc) is 3.36. The van der Waals surface area contributed by atoms with Crippen molar-refractivity contribution in [3.05, 3.63) is 71.3 Å². The first-order valence-electron chi connectivity index (χ1n) is 16.5. The third-order valence-corrected chi connectivity index (χ3v) is 10.9. The normalized spacial score (nSPS) is 30.4. The van der Waals surface area contributed by atoms with Crippen LogP contribution in [0.3, 0.4) is 0 Å². The van der Waals surface area contributed by atoms with E-state index in [1.165, 1.54) is 17.5 Å². The molecule has 0 spiro atoms. The Morgan fingerprint density at radius 1 is 1.05 bits per heavy atom. The van der Waals surface area contributed by atoms with Crippen LogP contribution in [0.25, 0.3) is 0 Å². The smallest absolute Gasteiger partial charge is 0.240 e. The number of aliphatic hydroxyl groups is 2. The lowest BCUT2D eigenvalue weighted by Gasteiger charge is -2.62. The average molecular weight is 607 g/mol. The van der Waals surface area contributed by atoms with Gasteiger partial charge in [-0.25, -0.2) is 0 Å². The highest BCUT2D eigenvalue weighted by molar-refractivity contribution is 5.82. The molecule has 6 rings (SSSR count). The molecular weight excluding hydrogens is 552 g/mol. The Kier molecular flexibility index (Phi) is 10.5. The minimum absolute atomic E-state index is 0.114. The van der Waals surface area contributed by atoms with E-state index >= 15 is 0 Å². The highest BCUT2D eigenvalue weighted by atomic mass is 16.7. The minimum atomic E-state index is -0.807. The molecule has 4 aliphatic rings. The molecule has 8 atom stereocenters. The van der Waals surface area contributed by atoms with Crippen LogP contribution in [-0.4, -0.2) is 89.1 Å². The second-order valence-electron chi connectivity index (χ2n) is 14.6. The first-order valence-corrected chi connectivity index (χ1v) is 16.5. The Balaban J connectivity index is 1.30. The Morgan fingerprint density at radius 3 is 2.36 bits per heavy atom. The molecule has 2 bridgehead atoms. The predicted octanol–water partition coefficient (Wildman–Crippen LogP) is 3.91. The molecule has 1 aliphatic heterocycles. The summed E-state index contributed by atoms with van der Waals surface area (Å²) in [6.07, 6.45) is 0.786. The third kappa shape index (κ3) is 7.22. The Bertz CT molecular complexity index is 1240. The zero-order valence-electron chi connectivity index (χ0n) is 27.5.